The Morgan fingerprint density at radius 3 is 2.50 bits per heavy atom. The number of benzene rings is 1. The van der Waals surface area contributed by atoms with Gasteiger partial charge >= 0.3 is 0 Å². The lowest BCUT2D eigenvalue weighted by Crippen LogP contribution is -2.39. The smallest absolute Gasteiger partial charge is 0.193 e. The third kappa shape index (κ3) is 8.32. The van der Waals surface area contributed by atoms with Crippen molar-refractivity contribution in [2.45, 2.75) is 38.8 Å². The van der Waals surface area contributed by atoms with Gasteiger partial charge in [-0.05, 0) is 43.5 Å². The molecule has 0 saturated carbocycles. The number of nitrogens with one attached hydrogen (secondary N) is 1. The second-order valence-corrected chi connectivity index (χ2v) is 8.22. The van der Waals surface area contributed by atoms with Crippen LogP contribution < -0.4 is 5.32 Å². The monoisotopic (exact) mass is 530 g/mol. The average molecular weight is 530 g/mol. The van der Waals surface area contributed by atoms with Crippen molar-refractivity contribution in [3.05, 3.63) is 35.4 Å². The number of likely N-dealkylation sites (tertiary alicyclic amines) is 2. The Kier molecular flexibility index (Phi) is 12.0. The van der Waals surface area contributed by atoms with Crippen molar-refractivity contribution in [1.82, 2.24) is 15.1 Å². The fraction of sp³-hybridized carbons (Fsp3) is 0.696. The van der Waals surface area contributed by atoms with Gasteiger partial charge in [0.25, 0.3) is 0 Å². The minimum Gasteiger partial charge on any atom is -0.382 e. The molecule has 0 spiro atoms. The maximum Gasteiger partial charge on any atom is 0.193 e. The summed E-state index contributed by atoms with van der Waals surface area (Å²) in [6.45, 7) is 8.55. The van der Waals surface area contributed by atoms with E-state index in [0.717, 1.165) is 45.2 Å². The van der Waals surface area contributed by atoms with Crippen LogP contribution >= 0.6 is 24.0 Å². The largest absolute Gasteiger partial charge is 0.382 e. The van der Waals surface area contributed by atoms with Gasteiger partial charge < -0.3 is 19.7 Å². The van der Waals surface area contributed by atoms with Crippen molar-refractivity contribution in [3.63, 3.8) is 0 Å². The number of ether oxygens (including phenoxy) is 2. The van der Waals surface area contributed by atoms with Gasteiger partial charge in [-0.1, -0.05) is 30.7 Å². The van der Waals surface area contributed by atoms with Crippen LogP contribution in [-0.4, -0.2) is 75.9 Å². The minimum absolute atomic E-state index is 0. The average Bonchev–Trinajstić information content (AvgIpc) is 3.22. The van der Waals surface area contributed by atoms with Crippen LogP contribution in [0.3, 0.4) is 0 Å². The van der Waals surface area contributed by atoms with Crippen molar-refractivity contribution >= 4 is 29.9 Å². The predicted octanol–water partition coefficient (Wildman–Crippen LogP) is 3.35. The quantitative estimate of drug-likeness (QED) is 0.230. The first-order valence-electron chi connectivity index (χ1n) is 11.1. The van der Waals surface area contributed by atoms with Gasteiger partial charge in [-0.3, -0.25) is 9.89 Å². The molecular formula is C23H39IN4O2. The summed E-state index contributed by atoms with van der Waals surface area (Å²) in [5.41, 5.74) is 2.71. The van der Waals surface area contributed by atoms with Gasteiger partial charge in [-0.15, -0.1) is 24.0 Å². The van der Waals surface area contributed by atoms with Gasteiger partial charge in [-0.2, -0.15) is 0 Å². The number of methoxy groups -OCH3 is 1. The molecule has 1 aromatic carbocycles. The number of aliphatic imine (C=N–C) groups is 1. The van der Waals surface area contributed by atoms with E-state index in [1.54, 1.807) is 7.11 Å². The molecule has 0 aliphatic carbocycles. The summed E-state index contributed by atoms with van der Waals surface area (Å²) in [6.07, 6.45) is 5.23. The molecule has 6 nitrogen and oxygen atoms in total. The highest BCUT2D eigenvalue weighted by Crippen LogP contribution is 2.17. The van der Waals surface area contributed by atoms with Crippen LogP contribution in [0.15, 0.2) is 29.3 Å². The van der Waals surface area contributed by atoms with Crippen LogP contribution in [-0.2, 0) is 22.6 Å². The Labute approximate surface area is 199 Å². The van der Waals surface area contributed by atoms with Crippen LogP contribution in [0.25, 0.3) is 0 Å². The first kappa shape index (κ1) is 25.4. The highest BCUT2D eigenvalue weighted by molar-refractivity contribution is 14.0. The number of hydrogen-bond donors (Lipinski definition) is 1. The zero-order chi connectivity index (χ0) is 20.3. The molecule has 2 aliphatic rings. The third-order valence-electron chi connectivity index (χ3n) is 5.91. The van der Waals surface area contributed by atoms with Crippen LogP contribution in [0, 0.1) is 5.92 Å². The summed E-state index contributed by atoms with van der Waals surface area (Å²) in [5, 5.41) is 3.53. The SMILES string of the molecule is CN=C(NCc1ccc(CN2CCCCC2)cc1)N1CCC(COCCOC)C1.I. The zero-order valence-electron chi connectivity index (χ0n) is 18.6. The number of halogens is 1. The Balaban J connectivity index is 0.00000320. The van der Waals surface area contributed by atoms with Crippen molar-refractivity contribution in [3.8, 4) is 0 Å². The first-order chi connectivity index (χ1) is 14.3. The lowest BCUT2D eigenvalue weighted by atomic mass is 10.1. The Morgan fingerprint density at radius 1 is 1.07 bits per heavy atom. The fourth-order valence-corrected chi connectivity index (χ4v) is 4.20. The summed E-state index contributed by atoms with van der Waals surface area (Å²) >= 11 is 0. The molecule has 1 unspecified atom stereocenters. The number of rotatable bonds is 9. The first-order valence-corrected chi connectivity index (χ1v) is 11.1. The maximum absolute atomic E-state index is 5.70. The summed E-state index contributed by atoms with van der Waals surface area (Å²) in [6, 6.07) is 9.04. The molecule has 2 heterocycles. The van der Waals surface area contributed by atoms with Crippen molar-refractivity contribution in [1.29, 1.82) is 0 Å². The van der Waals surface area contributed by atoms with Gasteiger partial charge in [0.1, 0.15) is 0 Å². The molecular weight excluding hydrogens is 491 g/mol. The molecule has 2 saturated heterocycles. The molecule has 170 valence electrons. The summed E-state index contributed by atoms with van der Waals surface area (Å²) in [5.74, 6) is 1.56. The van der Waals surface area contributed by atoms with Crippen LogP contribution in [0.2, 0.25) is 0 Å². The number of hydrogen-bond acceptors (Lipinski definition) is 4. The van der Waals surface area contributed by atoms with Gasteiger partial charge in [0.2, 0.25) is 0 Å². The molecule has 1 aromatic rings. The van der Waals surface area contributed by atoms with E-state index in [1.807, 2.05) is 7.05 Å². The predicted molar refractivity (Wildman–Crippen MR) is 134 cm³/mol. The van der Waals surface area contributed by atoms with Crippen LogP contribution in [0.4, 0.5) is 0 Å². The zero-order valence-corrected chi connectivity index (χ0v) is 21.0. The van der Waals surface area contributed by atoms with E-state index < -0.39 is 0 Å². The van der Waals surface area contributed by atoms with E-state index in [4.69, 9.17) is 9.47 Å². The normalized spacial score (nSPS) is 20.3. The lowest BCUT2D eigenvalue weighted by molar-refractivity contribution is 0.0536. The van der Waals surface area contributed by atoms with E-state index in [2.05, 4.69) is 44.4 Å². The lowest BCUT2D eigenvalue weighted by Gasteiger charge is -2.26. The van der Waals surface area contributed by atoms with E-state index in [0.29, 0.717) is 19.1 Å². The molecule has 1 atom stereocenters. The van der Waals surface area contributed by atoms with Gasteiger partial charge in [0, 0.05) is 46.3 Å². The molecule has 1 N–H and O–H groups in total. The second kappa shape index (κ2) is 14.2. The highest BCUT2D eigenvalue weighted by Gasteiger charge is 2.24. The van der Waals surface area contributed by atoms with E-state index >= 15 is 0 Å². The number of piperidine rings is 1. The summed E-state index contributed by atoms with van der Waals surface area (Å²) in [7, 11) is 3.57. The Morgan fingerprint density at radius 2 is 1.80 bits per heavy atom. The van der Waals surface area contributed by atoms with E-state index in [1.165, 1.54) is 43.5 Å². The molecule has 2 aliphatic heterocycles. The molecule has 3 rings (SSSR count). The topological polar surface area (TPSA) is 49.3 Å². The summed E-state index contributed by atoms with van der Waals surface area (Å²) in [4.78, 5) is 9.40. The van der Waals surface area contributed by atoms with Gasteiger partial charge in [0.15, 0.2) is 5.96 Å². The molecule has 0 radical (unpaired) electrons. The maximum atomic E-state index is 5.70. The van der Waals surface area contributed by atoms with Crippen molar-refractivity contribution < 1.29 is 9.47 Å². The highest BCUT2D eigenvalue weighted by atomic mass is 127. The standard InChI is InChI=1S/C23H38N4O2.HI/c1-24-23(27-13-10-22(18-27)19-29-15-14-28-2)25-16-20-6-8-21(9-7-20)17-26-11-4-3-5-12-26;/h6-9,22H,3-5,10-19H2,1-2H3,(H,24,25);1H. The fourth-order valence-electron chi connectivity index (χ4n) is 4.20. The van der Waals surface area contributed by atoms with Crippen molar-refractivity contribution in [2.24, 2.45) is 10.9 Å². The van der Waals surface area contributed by atoms with E-state index in [9.17, 15) is 0 Å². The Bertz CT molecular complexity index is 620. The van der Waals surface area contributed by atoms with Gasteiger partial charge in [0.05, 0.1) is 19.8 Å². The molecule has 7 heteroatoms. The number of nitrogens with zero attached hydrogens (tertiary/aromatic N) is 3. The van der Waals surface area contributed by atoms with Crippen LogP contribution in [0.1, 0.15) is 36.8 Å². The molecule has 0 aromatic heterocycles. The molecule has 0 amide bonds. The van der Waals surface area contributed by atoms with Crippen LogP contribution in [0.5, 0.6) is 0 Å². The molecule has 0 bridgehead atoms. The number of guanidine groups is 1. The molecule has 30 heavy (non-hydrogen) atoms. The van der Waals surface area contributed by atoms with E-state index in [-0.39, 0.29) is 24.0 Å². The van der Waals surface area contributed by atoms with Crippen molar-refractivity contribution in [2.75, 3.05) is 60.2 Å². The minimum atomic E-state index is 0. The molecule has 2 fully saturated rings. The second-order valence-electron chi connectivity index (χ2n) is 8.22. The summed E-state index contributed by atoms with van der Waals surface area (Å²) < 4.78 is 10.7. The Hall–Kier alpha value is -0.900. The third-order valence-corrected chi connectivity index (χ3v) is 5.91. The van der Waals surface area contributed by atoms with Gasteiger partial charge in [-0.25, -0.2) is 0 Å².